The van der Waals surface area contributed by atoms with Gasteiger partial charge < -0.3 is 15.2 Å². The maximum absolute atomic E-state index is 5.85. The minimum absolute atomic E-state index is 0.489. The zero-order valence-corrected chi connectivity index (χ0v) is 16.8. The van der Waals surface area contributed by atoms with E-state index in [1.165, 1.54) is 32.1 Å². The van der Waals surface area contributed by atoms with Crippen LogP contribution < -0.4 is 10.6 Å². The molecule has 0 aliphatic heterocycles. The van der Waals surface area contributed by atoms with Crippen molar-refractivity contribution in [2.75, 3.05) is 6.54 Å². The van der Waals surface area contributed by atoms with Crippen LogP contribution in [-0.2, 0) is 20.0 Å². The molecular weight excluding hydrogens is 362 g/mol. The fraction of sp³-hybridized carbons (Fsp3) is 0.579. The Morgan fingerprint density at radius 1 is 1.26 bits per heavy atom. The Hall–Kier alpha value is -2.15. The summed E-state index contributed by atoms with van der Waals surface area (Å²) in [6, 6.07) is 4.32. The Balaban J connectivity index is 1.60. The van der Waals surface area contributed by atoms with E-state index in [9.17, 15) is 0 Å². The number of halogens is 1. The molecule has 2 aromatic heterocycles. The molecule has 7 nitrogen and oxygen atoms in total. The maximum atomic E-state index is 5.85. The Labute approximate surface area is 165 Å². The number of rotatable bonds is 6. The van der Waals surface area contributed by atoms with Crippen molar-refractivity contribution >= 4 is 17.6 Å². The summed E-state index contributed by atoms with van der Waals surface area (Å²) < 4.78 is 1.97. The van der Waals surface area contributed by atoms with Crippen molar-refractivity contribution in [2.24, 2.45) is 12.0 Å². The van der Waals surface area contributed by atoms with Crippen molar-refractivity contribution in [2.45, 2.75) is 58.0 Å². The molecule has 0 saturated heterocycles. The van der Waals surface area contributed by atoms with Gasteiger partial charge >= 0.3 is 0 Å². The zero-order valence-electron chi connectivity index (χ0n) is 16.1. The number of aliphatic imine (C=N–C) groups is 1. The third kappa shape index (κ3) is 5.92. The summed E-state index contributed by atoms with van der Waals surface area (Å²) >= 11 is 5.85. The standard InChI is InChI=1S/C19H28ClN7/c1-14-25-26-18(27(14)2)13-23-19(24-16-6-4-3-5-7-16)21-11-10-15-8-9-17(20)22-12-15/h8-9,12,16H,3-7,10-11,13H2,1-2H3,(H2,21,23,24). The molecule has 8 heteroatoms. The van der Waals surface area contributed by atoms with Crippen LogP contribution in [0.3, 0.4) is 0 Å². The summed E-state index contributed by atoms with van der Waals surface area (Å²) in [5.41, 5.74) is 1.15. The van der Waals surface area contributed by atoms with Crippen LogP contribution in [-0.4, -0.2) is 38.3 Å². The summed E-state index contributed by atoms with van der Waals surface area (Å²) in [6.45, 7) is 3.22. The summed E-state index contributed by atoms with van der Waals surface area (Å²) in [6.07, 6.45) is 8.97. The molecule has 146 valence electrons. The van der Waals surface area contributed by atoms with E-state index in [0.29, 0.717) is 17.7 Å². The summed E-state index contributed by atoms with van der Waals surface area (Å²) in [4.78, 5) is 8.87. The summed E-state index contributed by atoms with van der Waals surface area (Å²) in [5.74, 6) is 2.59. The fourth-order valence-electron chi connectivity index (χ4n) is 3.21. The highest BCUT2D eigenvalue weighted by molar-refractivity contribution is 6.29. The second-order valence-corrected chi connectivity index (χ2v) is 7.42. The number of aromatic nitrogens is 4. The molecule has 0 radical (unpaired) electrons. The summed E-state index contributed by atoms with van der Waals surface area (Å²) in [7, 11) is 1.97. The van der Waals surface area contributed by atoms with E-state index in [1.807, 2.05) is 36.9 Å². The van der Waals surface area contributed by atoms with Crippen LogP contribution in [0.1, 0.15) is 49.3 Å². The lowest BCUT2D eigenvalue weighted by Gasteiger charge is -2.25. The van der Waals surface area contributed by atoms with Crippen molar-refractivity contribution in [3.05, 3.63) is 40.7 Å². The number of hydrogen-bond donors (Lipinski definition) is 2. The molecule has 0 bridgehead atoms. The molecule has 27 heavy (non-hydrogen) atoms. The van der Waals surface area contributed by atoms with Crippen molar-refractivity contribution in [1.82, 2.24) is 30.4 Å². The Morgan fingerprint density at radius 2 is 2.07 bits per heavy atom. The number of aryl methyl sites for hydroxylation is 1. The number of hydrogen-bond acceptors (Lipinski definition) is 4. The predicted octanol–water partition coefficient (Wildman–Crippen LogP) is 2.78. The predicted molar refractivity (Wildman–Crippen MR) is 108 cm³/mol. The number of nitrogens with zero attached hydrogens (tertiary/aromatic N) is 5. The van der Waals surface area contributed by atoms with Gasteiger partial charge in [0.2, 0.25) is 0 Å². The zero-order chi connectivity index (χ0) is 19.1. The van der Waals surface area contributed by atoms with Gasteiger partial charge in [0.25, 0.3) is 0 Å². The molecule has 1 saturated carbocycles. The Morgan fingerprint density at radius 3 is 2.74 bits per heavy atom. The summed E-state index contributed by atoms with van der Waals surface area (Å²) in [5, 5.41) is 15.9. The van der Waals surface area contributed by atoms with Gasteiger partial charge in [-0.3, -0.25) is 0 Å². The number of nitrogens with one attached hydrogen (secondary N) is 2. The van der Waals surface area contributed by atoms with Gasteiger partial charge in [-0.1, -0.05) is 36.9 Å². The van der Waals surface area contributed by atoms with Crippen LogP contribution in [0.5, 0.6) is 0 Å². The first-order valence-electron chi connectivity index (χ1n) is 9.62. The minimum Gasteiger partial charge on any atom is -0.356 e. The van der Waals surface area contributed by atoms with Gasteiger partial charge in [0.15, 0.2) is 11.8 Å². The Kier molecular flexibility index (Phi) is 7.04. The van der Waals surface area contributed by atoms with E-state index in [1.54, 1.807) is 0 Å². The second kappa shape index (κ2) is 9.69. The van der Waals surface area contributed by atoms with E-state index < -0.39 is 0 Å². The lowest BCUT2D eigenvalue weighted by molar-refractivity contribution is 0.409. The Bertz CT molecular complexity index is 748. The molecular formula is C19H28ClN7. The highest BCUT2D eigenvalue weighted by Crippen LogP contribution is 2.17. The maximum Gasteiger partial charge on any atom is 0.191 e. The van der Waals surface area contributed by atoms with Crippen molar-refractivity contribution < 1.29 is 0 Å². The quantitative estimate of drug-likeness (QED) is 0.451. The van der Waals surface area contributed by atoms with Crippen LogP contribution in [0.4, 0.5) is 0 Å². The normalized spacial score (nSPS) is 15.7. The van der Waals surface area contributed by atoms with Crippen molar-refractivity contribution in [3.8, 4) is 0 Å². The third-order valence-electron chi connectivity index (χ3n) is 5.00. The van der Waals surface area contributed by atoms with E-state index in [-0.39, 0.29) is 0 Å². The largest absolute Gasteiger partial charge is 0.356 e. The molecule has 1 aliphatic rings. The molecule has 2 aromatic rings. The van der Waals surface area contributed by atoms with Gasteiger partial charge in [-0.15, -0.1) is 10.2 Å². The lowest BCUT2D eigenvalue weighted by Crippen LogP contribution is -2.44. The molecule has 1 aliphatic carbocycles. The third-order valence-corrected chi connectivity index (χ3v) is 5.23. The van der Waals surface area contributed by atoms with Crippen LogP contribution >= 0.6 is 11.6 Å². The van der Waals surface area contributed by atoms with Gasteiger partial charge in [0.1, 0.15) is 17.5 Å². The highest BCUT2D eigenvalue weighted by atomic mass is 35.5. The molecule has 0 amide bonds. The van der Waals surface area contributed by atoms with Gasteiger partial charge in [0, 0.05) is 25.8 Å². The molecule has 0 spiro atoms. The highest BCUT2D eigenvalue weighted by Gasteiger charge is 2.15. The average molecular weight is 390 g/mol. The molecule has 0 atom stereocenters. The molecule has 3 rings (SSSR count). The second-order valence-electron chi connectivity index (χ2n) is 7.03. The lowest BCUT2D eigenvalue weighted by atomic mass is 9.96. The average Bonchev–Trinajstić information content (AvgIpc) is 3.00. The van der Waals surface area contributed by atoms with Gasteiger partial charge in [0.05, 0.1) is 0 Å². The van der Waals surface area contributed by atoms with Crippen LogP contribution in [0.2, 0.25) is 5.15 Å². The fourth-order valence-corrected chi connectivity index (χ4v) is 3.32. The topological polar surface area (TPSA) is 80.0 Å². The van der Waals surface area contributed by atoms with E-state index >= 15 is 0 Å². The molecule has 2 heterocycles. The number of pyridine rings is 1. The monoisotopic (exact) mass is 389 g/mol. The first-order valence-corrected chi connectivity index (χ1v) is 10.00. The van der Waals surface area contributed by atoms with Crippen LogP contribution in [0, 0.1) is 6.92 Å². The van der Waals surface area contributed by atoms with Crippen LogP contribution in [0.15, 0.2) is 23.3 Å². The van der Waals surface area contributed by atoms with E-state index in [0.717, 1.165) is 36.1 Å². The SMILES string of the molecule is Cc1nnc(CN=C(NCCc2ccc(Cl)nc2)NC2CCCCC2)n1C. The first kappa shape index (κ1) is 19.6. The molecule has 1 fully saturated rings. The molecule has 2 N–H and O–H groups in total. The number of guanidine groups is 1. The van der Waals surface area contributed by atoms with Crippen molar-refractivity contribution in [1.29, 1.82) is 0 Å². The van der Waals surface area contributed by atoms with E-state index in [2.05, 4.69) is 25.8 Å². The molecule has 0 aromatic carbocycles. The minimum atomic E-state index is 0.489. The van der Waals surface area contributed by atoms with Crippen molar-refractivity contribution in [3.63, 3.8) is 0 Å². The van der Waals surface area contributed by atoms with Gasteiger partial charge in [-0.05, 0) is 37.8 Å². The van der Waals surface area contributed by atoms with Gasteiger partial charge in [-0.2, -0.15) is 0 Å². The molecule has 0 unspecified atom stereocenters. The van der Waals surface area contributed by atoms with Crippen LogP contribution in [0.25, 0.3) is 0 Å². The first-order chi connectivity index (χ1) is 13.1. The smallest absolute Gasteiger partial charge is 0.191 e. The van der Waals surface area contributed by atoms with E-state index in [4.69, 9.17) is 16.6 Å². The van der Waals surface area contributed by atoms with Gasteiger partial charge in [-0.25, -0.2) is 9.98 Å².